The van der Waals surface area contributed by atoms with Gasteiger partial charge in [0.15, 0.2) is 5.13 Å². The SMILES string of the molecule is COc1ccc2nc(NCC3(C)CCN(C)CC3)sc2c1. The summed E-state index contributed by atoms with van der Waals surface area (Å²) < 4.78 is 6.44. The van der Waals surface area contributed by atoms with Gasteiger partial charge in [-0.15, -0.1) is 0 Å². The minimum Gasteiger partial charge on any atom is -0.497 e. The molecule has 114 valence electrons. The predicted octanol–water partition coefficient (Wildman–Crippen LogP) is 3.45. The van der Waals surface area contributed by atoms with Gasteiger partial charge in [0.05, 0.1) is 17.3 Å². The second-order valence-corrected chi connectivity index (χ2v) is 7.35. The van der Waals surface area contributed by atoms with Crippen LogP contribution in [0.5, 0.6) is 5.75 Å². The van der Waals surface area contributed by atoms with Gasteiger partial charge in [-0.3, -0.25) is 0 Å². The van der Waals surface area contributed by atoms with E-state index in [2.05, 4.69) is 35.2 Å². The van der Waals surface area contributed by atoms with Crippen molar-refractivity contribution in [2.24, 2.45) is 5.41 Å². The lowest BCUT2D eigenvalue weighted by atomic mass is 9.80. The van der Waals surface area contributed by atoms with E-state index in [4.69, 9.17) is 4.74 Å². The lowest BCUT2D eigenvalue weighted by Crippen LogP contribution is -2.40. The molecule has 0 bridgehead atoms. The highest BCUT2D eigenvalue weighted by molar-refractivity contribution is 7.22. The Balaban J connectivity index is 1.67. The molecule has 0 radical (unpaired) electrons. The number of benzene rings is 1. The highest BCUT2D eigenvalue weighted by Gasteiger charge is 2.28. The molecule has 1 saturated heterocycles. The van der Waals surface area contributed by atoms with E-state index >= 15 is 0 Å². The summed E-state index contributed by atoms with van der Waals surface area (Å²) in [5.74, 6) is 0.889. The standard InChI is InChI=1S/C16H23N3OS/c1-16(6-8-19(2)9-7-16)11-17-15-18-13-5-4-12(20-3)10-14(13)21-15/h4-5,10H,6-9,11H2,1-3H3,(H,17,18). The highest BCUT2D eigenvalue weighted by atomic mass is 32.1. The molecular formula is C16H23N3OS. The molecular weight excluding hydrogens is 282 g/mol. The van der Waals surface area contributed by atoms with Crippen molar-refractivity contribution in [2.75, 3.05) is 39.1 Å². The van der Waals surface area contributed by atoms with E-state index in [-0.39, 0.29) is 0 Å². The van der Waals surface area contributed by atoms with E-state index < -0.39 is 0 Å². The number of nitrogens with one attached hydrogen (secondary N) is 1. The summed E-state index contributed by atoms with van der Waals surface area (Å²) in [6.07, 6.45) is 2.49. The molecule has 1 fully saturated rings. The average molecular weight is 305 g/mol. The third kappa shape index (κ3) is 3.30. The molecule has 0 aliphatic carbocycles. The lowest BCUT2D eigenvalue weighted by molar-refractivity contribution is 0.150. The van der Waals surface area contributed by atoms with Gasteiger partial charge < -0.3 is 15.0 Å². The van der Waals surface area contributed by atoms with Crippen molar-refractivity contribution < 1.29 is 4.74 Å². The van der Waals surface area contributed by atoms with E-state index in [9.17, 15) is 0 Å². The molecule has 1 N–H and O–H groups in total. The summed E-state index contributed by atoms with van der Waals surface area (Å²) in [7, 11) is 3.90. The van der Waals surface area contributed by atoms with Crippen molar-refractivity contribution in [1.82, 2.24) is 9.88 Å². The van der Waals surface area contributed by atoms with E-state index in [0.717, 1.165) is 22.9 Å². The fourth-order valence-corrected chi connectivity index (χ4v) is 3.62. The summed E-state index contributed by atoms with van der Waals surface area (Å²) >= 11 is 1.70. The smallest absolute Gasteiger partial charge is 0.183 e. The van der Waals surface area contributed by atoms with Crippen LogP contribution in [0.4, 0.5) is 5.13 Å². The molecule has 3 rings (SSSR count). The number of thiazole rings is 1. The van der Waals surface area contributed by atoms with Gasteiger partial charge in [-0.2, -0.15) is 0 Å². The van der Waals surface area contributed by atoms with Crippen LogP contribution in [0.3, 0.4) is 0 Å². The van der Waals surface area contributed by atoms with E-state index in [1.807, 2.05) is 12.1 Å². The first-order valence-electron chi connectivity index (χ1n) is 7.45. The van der Waals surface area contributed by atoms with Crippen molar-refractivity contribution in [1.29, 1.82) is 0 Å². The molecule has 2 aromatic rings. The van der Waals surface area contributed by atoms with Gasteiger partial charge in [-0.1, -0.05) is 18.3 Å². The molecule has 5 heteroatoms. The molecule has 2 heterocycles. The summed E-state index contributed by atoms with van der Waals surface area (Å²) in [6.45, 7) is 5.76. The zero-order valence-electron chi connectivity index (χ0n) is 13.0. The maximum absolute atomic E-state index is 5.27. The van der Waals surface area contributed by atoms with Crippen LogP contribution in [0.1, 0.15) is 19.8 Å². The topological polar surface area (TPSA) is 37.4 Å². The van der Waals surface area contributed by atoms with Crippen LogP contribution in [0.25, 0.3) is 10.2 Å². The molecule has 1 aliphatic rings. The maximum Gasteiger partial charge on any atom is 0.183 e. The van der Waals surface area contributed by atoms with Crippen molar-refractivity contribution >= 4 is 26.7 Å². The zero-order chi connectivity index (χ0) is 14.9. The second kappa shape index (κ2) is 5.81. The second-order valence-electron chi connectivity index (χ2n) is 6.32. The number of aromatic nitrogens is 1. The van der Waals surface area contributed by atoms with Gasteiger partial charge in [0.2, 0.25) is 0 Å². The third-order valence-corrected chi connectivity index (χ3v) is 5.43. The molecule has 21 heavy (non-hydrogen) atoms. The van der Waals surface area contributed by atoms with Gasteiger partial charge in [-0.25, -0.2) is 4.98 Å². The molecule has 1 aromatic carbocycles. The number of ether oxygens (including phenoxy) is 1. The average Bonchev–Trinajstić information content (AvgIpc) is 2.90. The van der Waals surface area contributed by atoms with Crippen LogP contribution in [0.2, 0.25) is 0 Å². The molecule has 0 unspecified atom stereocenters. The van der Waals surface area contributed by atoms with Gasteiger partial charge in [0, 0.05) is 6.54 Å². The summed E-state index contributed by atoms with van der Waals surface area (Å²) in [5.41, 5.74) is 1.42. The molecule has 0 amide bonds. The van der Waals surface area contributed by atoms with Crippen LogP contribution in [0.15, 0.2) is 18.2 Å². The lowest BCUT2D eigenvalue weighted by Gasteiger charge is -2.37. The predicted molar refractivity (Wildman–Crippen MR) is 89.5 cm³/mol. The number of piperidine rings is 1. The van der Waals surface area contributed by atoms with Crippen LogP contribution in [-0.2, 0) is 0 Å². The molecule has 0 saturated carbocycles. The van der Waals surface area contributed by atoms with E-state index in [1.165, 1.54) is 30.6 Å². The van der Waals surface area contributed by atoms with Crippen molar-refractivity contribution in [3.8, 4) is 5.75 Å². The first-order chi connectivity index (χ1) is 10.1. The molecule has 1 aliphatic heterocycles. The monoisotopic (exact) mass is 305 g/mol. The number of rotatable bonds is 4. The number of likely N-dealkylation sites (tertiary alicyclic amines) is 1. The molecule has 0 spiro atoms. The van der Waals surface area contributed by atoms with Crippen molar-refractivity contribution in [3.63, 3.8) is 0 Å². The number of nitrogens with zero attached hydrogens (tertiary/aromatic N) is 2. The van der Waals surface area contributed by atoms with Crippen LogP contribution < -0.4 is 10.1 Å². The maximum atomic E-state index is 5.27. The number of methoxy groups -OCH3 is 1. The Kier molecular flexibility index (Phi) is 4.04. The van der Waals surface area contributed by atoms with Gasteiger partial charge in [0.1, 0.15) is 5.75 Å². The quantitative estimate of drug-likeness (QED) is 0.939. The Hall–Kier alpha value is -1.33. The Bertz CT molecular complexity index is 617. The largest absolute Gasteiger partial charge is 0.497 e. The zero-order valence-corrected chi connectivity index (χ0v) is 13.8. The molecule has 4 nitrogen and oxygen atoms in total. The fourth-order valence-electron chi connectivity index (χ4n) is 2.73. The van der Waals surface area contributed by atoms with Gasteiger partial charge in [-0.05, 0) is 56.6 Å². The van der Waals surface area contributed by atoms with Gasteiger partial charge in [0.25, 0.3) is 0 Å². The molecule has 0 atom stereocenters. The molecule has 1 aromatic heterocycles. The summed E-state index contributed by atoms with van der Waals surface area (Å²) in [5, 5.41) is 4.56. The Morgan fingerprint density at radius 2 is 2.14 bits per heavy atom. The van der Waals surface area contributed by atoms with Crippen molar-refractivity contribution in [2.45, 2.75) is 19.8 Å². The highest BCUT2D eigenvalue weighted by Crippen LogP contribution is 2.33. The number of hydrogen-bond donors (Lipinski definition) is 1. The first-order valence-corrected chi connectivity index (χ1v) is 8.27. The van der Waals surface area contributed by atoms with Crippen LogP contribution in [0, 0.1) is 5.41 Å². The van der Waals surface area contributed by atoms with Crippen LogP contribution in [-0.4, -0.2) is 43.7 Å². The number of anilines is 1. The Labute approximate surface area is 130 Å². The first kappa shape index (κ1) is 14.6. The normalized spacial score (nSPS) is 18.8. The summed E-state index contributed by atoms with van der Waals surface area (Å²) in [4.78, 5) is 7.07. The van der Waals surface area contributed by atoms with Crippen LogP contribution >= 0.6 is 11.3 Å². The summed E-state index contributed by atoms with van der Waals surface area (Å²) in [6, 6.07) is 6.03. The minimum absolute atomic E-state index is 0.377. The van der Waals surface area contributed by atoms with E-state index in [0.29, 0.717) is 5.41 Å². The van der Waals surface area contributed by atoms with E-state index in [1.54, 1.807) is 18.4 Å². The number of fused-ring (bicyclic) bond motifs is 1. The third-order valence-electron chi connectivity index (χ3n) is 4.46. The Morgan fingerprint density at radius 3 is 2.86 bits per heavy atom. The minimum atomic E-state index is 0.377. The van der Waals surface area contributed by atoms with Gasteiger partial charge >= 0.3 is 0 Å². The Morgan fingerprint density at radius 1 is 1.38 bits per heavy atom. The fraction of sp³-hybridized carbons (Fsp3) is 0.562. The van der Waals surface area contributed by atoms with Crippen molar-refractivity contribution in [3.05, 3.63) is 18.2 Å². The number of hydrogen-bond acceptors (Lipinski definition) is 5.